The van der Waals surface area contributed by atoms with Gasteiger partial charge in [-0.2, -0.15) is 0 Å². The van der Waals surface area contributed by atoms with Crippen LogP contribution in [-0.2, 0) is 11.2 Å². The zero-order chi connectivity index (χ0) is 17.1. The molecule has 1 aliphatic rings. The zero-order valence-electron chi connectivity index (χ0n) is 13.7. The Hall–Kier alpha value is -2.62. The number of carbonyl (C=O) groups is 2. The molecule has 1 fully saturated rings. The minimum atomic E-state index is -0.991. The molecular weight excluding hydrogens is 302 g/mol. The summed E-state index contributed by atoms with van der Waals surface area (Å²) in [5, 5.41) is 9.27. The molecule has 1 amide bonds. The summed E-state index contributed by atoms with van der Waals surface area (Å²) < 4.78 is 0. The lowest BCUT2D eigenvalue weighted by Crippen LogP contribution is -2.32. The Kier molecular flexibility index (Phi) is 4.65. The fourth-order valence-corrected chi connectivity index (χ4v) is 3.35. The number of benzene rings is 2. The Morgan fingerprint density at radius 1 is 1.12 bits per heavy atom. The number of carboxylic acids is 1. The topological polar surface area (TPSA) is 57.6 Å². The van der Waals surface area contributed by atoms with E-state index in [1.165, 1.54) is 5.56 Å². The van der Waals surface area contributed by atoms with Crippen molar-refractivity contribution in [1.29, 1.82) is 0 Å². The van der Waals surface area contributed by atoms with Crippen molar-refractivity contribution in [3.63, 3.8) is 0 Å². The first-order valence-electron chi connectivity index (χ1n) is 8.23. The summed E-state index contributed by atoms with van der Waals surface area (Å²) in [7, 11) is 0. The van der Waals surface area contributed by atoms with E-state index in [9.17, 15) is 14.7 Å². The second-order valence-corrected chi connectivity index (χ2v) is 6.29. The van der Waals surface area contributed by atoms with E-state index in [2.05, 4.69) is 24.3 Å². The molecule has 1 heterocycles. The minimum Gasteiger partial charge on any atom is -0.478 e. The van der Waals surface area contributed by atoms with Gasteiger partial charge in [-0.15, -0.1) is 0 Å². The van der Waals surface area contributed by atoms with Crippen molar-refractivity contribution < 1.29 is 14.7 Å². The van der Waals surface area contributed by atoms with Gasteiger partial charge in [-0.1, -0.05) is 48.0 Å². The summed E-state index contributed by atoms with van der Waals surface area (Å²) in [6.07, 6.45) is 2.06. The largest absolute Gasteiger partial charge is 0.478 e. The molecular formula is C20H21NO3. The van der Waals surface area contributed by atoms with Gasteiger partial charge in [0.1, 0.15) is 0 Å². The third kappa shape index (κ3) is 3.32. The fourth-order valence-electron chi connectivity index (χ4n) is 3.35. The van der Waals surface area contributed by atoms with E-state index in [4.69, 9.17) is 0 Å². The first-order valence-corrected chi connectivity index (χ1v) is 8.23. The smallest absolute Gasteiger partial charge is 0.335 e. The second kappa shape index (κ2) is 6.87. The summed E-state index contributed by atoms with van der Waals surface area (Å²) in [5.74, 6) is -0.998. The Labute approximate surface area is 141 Å². The van der Waals surface area contributed by atoms with Crippen molar-refractivity contribution in [2.24, 2.45) is 0 Å². The molecule has 4 nitrogen and oxygen atoms in total. The molecule has 1 unspecified atom stereocenters. The SMILES string of the molecule is Cc1ccc(C2CCCN2C(=O)Cc2ccccc2C(=O)O)cc1. The number of rotatable bonds is 4. The minimum absolute atomic E-state index is 0.00762. The lowest BCUT2D eigenvalue weighted by molar-refractivity contribution is -0.131. The van der Waals surface area contributed by atoms with Crippen molar-refractivity contribution in [1.82, 2.24) is 4.90 Å². The van der Waals surface area contributed by atoms with Gasteiger partial charge in [-0.25, -0.2) is 4.79 Å². The van der Waals surface area contributed by atoms with E-state index in [1.807, 2.05) is 11.8 Å². The van der Waals surface area contributed by atoms with Gasteiger partial charge in [0.2, 0.25) is 5.91 Å². The van der Waals surface area contributed by atoms with Crippen molar-refractivity contribution in [3.8, 4) is 0 Å². The van der Waals surface area contributed by atoms with Crippen LogP contribution in [0.5, 0.6) is 0 Å². The van der Waals surface area contributed by atoms with Gasteiger partial charge in [0, 0.05) is 6.54 Å². The molecule has 1 aliphatic heterocycles. The summed E-state index contributed by atoms with van der Waals surface area (Å²) in [6, 6.07) is 15.1. The van der Waals surface area contributed by atoms with Gasteiger partial charge < -0.3 is 10.0 Å². The van der Waals surface area contributed by atoms with E-state index >= 15 is 0 Å². The number of hydrogen-bond donors (Lipinski definition) is 1. The molecule has 0 spiro atoms. The highest BCUT2D eigenvalue weighted by atomic mass is 16.4. The van der Waals surface area contributed by atoms with Gasteiger partial charge in [0.05, 0.1) is 18.0 Å². The molecule has 124 valence electrons. The number of hydrogen-bond acceptors (Lipinski definition) is 2. The summed E-state index contributed by atoms with van der Waals surface area (Å²) in [5.41, 5.74) is 3.13. The third-order valence-corrected chi connectivity index (χ3v) is 4.62. The maximum Gasteiger partial charge on any atom is 0.335 e. The van der Waals surface area contributed by atoms with Crippen molar-refractivity contribution in [2.45, 2.75) is 32.2 Å². The van der Waals surface area contributed by atoms with E-state index < -0.39 is 5.97 Å². The summed E-state index contributed by atoms with van der Waals surface area (Å²) in [6.45, 7) is 2.77. The summed E-state index contributed by atoms with van der Waals surface area (Å²) in [4.78, 5) is 26.0. The van der Waals surface area contributed by atoms with Crippen LogP contribution in [-0.4, -0.2) is 28.4 Å². The van der Waals surface area contributed by atoms with Gasteiger partial charge in [0.25, 0.3) is 0 Å². The van der Waals surface area contributed by atoms with Crippen molar-refractivity contribution in [2.75, 3.05) is 6.54 Å². The average Bonchev–Trinajstić information content (AvgIpc) is 3.05. The second-order valence-electron chi connectivity index (χ2n) is 6.29. The van der Waals surface area contributed by atoms with Crippen LogP contribution in [0, 0.1) is 6.92 Å². The number of aromatic carboxylic acids is 1. The highest BCUT2D eigenvalue weighted by molar-refractivity contribution is 5.91. The lowest BCUT2D eigenvalue weighted by atomic mass is 10.0. The first kappa shape index (κ1) is 16.2. The number of carbonyl (C=O) groups excluding carboxylic acids is 1. The lowest BCUT2D eigenvalue weighted by Gasteiger charge is -2.25. The standard InChI is InChI=1S/C20H21NO3/c1-14-8-10-15(11-9-14)18-7-4-12-21(18)19(22)13-16-5-2-3-6-17(16)20(23)24/h2-3,5-6,8-11,18H,4,7,12-13H2,1H3,(H,23,24). The van der Waals surface area contributed by atoms with Gasteiger partial charge in [0.15, 0.2) is 0 Å². The Morgan fingerprint density at radius 2 is 1.83 bits per heavy atom. The maximum atomic E-state index is 12.8. The molecule has 2 aromatic carbocycles. The van der Waals surface area contributed by atoms with Crippen LogP contribution < -0.4 is 0 Å². The van der Waals surface area contributed by atoms with Crippen LogP contribution in [0.1, 0.15) is 45.9 Å². The van der Waals surface area contributed by atoms with Crippen molar-refractivity contribution >= 4 is 11.9 Å². The van der Waals surface area contributed by atoms with Crippen LogP contribution in [0.25, 0.3) is 0 Å². The molecule has 1 N–H and O–H groups in total. The molecule has 0 aromatic heterocycles. The number of amides is 1. The van der Waals surface area contributed by atoms with E-state index in [0.29, 0.717) is 5.56 Å². The third-order valence-electron chi connectivity index (χ3n) is 4.62. The van der Waals surface area contributed by atoms with Gasteiger partial charge in [-0.05, 0) is 37.0 Å². The molecule has 0 aliphatic carbocycles. The van der Waals surface area contributed by atoms with Crippen LogP contribution >= 0.6 is 0 Å². The molecule has 2 aromatic rings. The average molecular weight is 323 g/mol. The Morgan fingerprint density at radius 3 is 2.54 bits per heavy atom. The number of likely N-dealkylation sites (tertiary alicyclic amines) is 1. The number of carboxylic acid groups (broad SMARTS) is 1. The highest BCUT2D eigenvalue weighted by Crippen LogP contribution is 2.32. The van der Waals surface area contributed by atoms with E-state index in [1.54, 1.807) is 24.3 Å². The zero-order valence-corrected chi connectivity index (χ0v) is 13.7. The number of nitrogens with zero attached hydrogens (tertiary/aromatic N) is 1. The van der Waals surface area contributed by atoms with Gasteiger partial charge in [-0.3, -0.25) is 4.79 Å². The van der Waals surface area contributed by atoms with Crippen LogP contribution in [0.2, 0.25) is 0 Å². The van der Waals surface area contributed by atoms with Gasteiger partial charge >= 0.3 is 5.97 Å². The molecule has 3 rings (SSSR count). The van der Waals surface area contributed by atoms with Crippen molar-refractivity contribution in [3.05, 3.63) is 70.8 Å². The molecule has 0 saturated carbocycles. The molecule has 24 heavy (non-hydrogen) atoms. The van der Waals surface area contributed by atoms with Crippen LogP contribution in [0.3, 0.4) is 0 Å². The predicted octanol–water partition coefficient (Wildman–Crippen LogP) is 3.60. The molecule has 1 atom stereocenters. The fraction of sp³-hybridized carbons (Fsp3) is 0.300. The Balaban J connectivity index is 1.79. The Bertz CT molecular complexity index is 752. The summed E-state index contributed by atoms with van der Waals surface area (Å²) >= 11 is 0. The first-order chi connectivity index (χ1) is 11.6. The van der Waals surface area contributed by atoms with Crippen LogP contribution in [0.4, 0.5) is 0 Å². The van der Waals surface area contributed by atoms with E-state index in [-0.39, 0.29) is 23.9 Å². The molecule has 1 saturated heterocycles. The van der Waals surface area contributed by atoms with E-state index in [0.717, 1.165) is 24.9 Å². The predicted molar refractivity (Wildman–Crippen MR) is 92.0 cm³/mol. The monoisotopic (exact) mass is 323 g/mol. The molecule has 0 bridgehead atoms. The molecule has 0 radical (unpaired) electrons. The van der Waals surface area contributed by atoms with Crippen LogP contribution in [0.15, 0.2) is 48.5 Å². The normalized spacial score (nSPS) is 17.0. The quantitative estimate of drug-likeness (QED) is 0.935. The molecule has 4 heteroatoms. The maximum absolute atomic E-state index is 12.8. The highest BCUT2D eigenvalue weighted by Gasteiger charge is 2.30. The number of aryl methyl sites for hydroxylation is 1.